The van der Waals surface area contributed by atoms with Gasteiger partial charge >= 0.3 is 0 Å². The van der Waals surface area contributed by atoms with Gasteiger partial charge in [-0.05, 0) is 26.7 Å². The zero-order valence-corrected chi connectivity index (χ0v) is 13.4. The molecule has 1 saturated carbocycles. The molecule has 1 aliphatic carbocycles. The van der Waals surface area contributed by atoms with Crippen LogP contribution in [0.25, 0.3) is 10.9 Å². The summed E-state index contributed by atoms with van der Waals surface area (Å²) in [5.41, 5.74) is 0.134. The van der Waals surface area contributed by atoms with Crippen molar-refractivity contribution >= 4 is 22.7 Å². The highest BCUT2D eigenvalue weighted by Gasteiger charge is 2.26. The molecule has 1 aromatic carbocycles. The summed E-state index contributed by atoms with van der Waals surface area (Å²) < 4.78 is 43.4. The molecule has 0 radical (unpaired) electrons. The van der Waals surface area contributed by atoms with Crippen molar-refractivity contribution in [2.75, 3.05) is 0 Å². The second-order valence-electron chi connectivity index (χ2n) is 5.73. The molecule has 2 nitrogen and oxygen atoms in total. The Balaban J connectivity index is 2.14. The highest BCUT2D eigenvalue weighted by atomic mass is 32.2. The molecule has 0 saturated heterocycles. The Hall–Kier alpha value is -1.30. The van der Waals surface area contributed by atoms with Gasteiger partial charge in [-0.1, -0.05) is 19.3 Å². The first kappa shape index (κ1) is 15.6. The van der Waals surface area contributed by atoms with Gasteiger partial charge in [-0.2, -0.15) is 0 Å². The van der Waals surface area contributed by atoms with E-state index in [1.165, 1.54) is 6.92 Å². The average Bonchev–Trinajstić information content (AvgIpc) is 2.50. The molecule has 1 fully saturated rings. The number of fused-ring (bicyclic) bond motifs is 1. The molecule has 1 aliphatic rings. The summed E-state index contributed by atoms with van der Waals surface area (Å²) in [4.78, 5) is 7.74. The summed E-state index contributed by atoms with van der Waals surface area (Å²) in [6, 6.07) is 0. The number of hydrogen-bond acceptors (Lipinski definition) is 3. The quantitative estimate of drug-likeness (QED) is 0.719. The fourth-order valence-corrected chi connectivity index (χ4v) is 4.30. The van der Waals surface area contributed by atoms with Crippen LogP contribution in [-0.4, -0.2) is 15.2 Å². The van der Waals surface area contributed by atoms with Gasteiger partial charge in [-0.15, -0.1) is 11.8 Å². The van der Waals surface area contributed by atoms with E-state index >= 15 is 0 Å². The standard InChI is InChI=1S/C16H17F3N2S/c1-8-11-12(17)13(18)16(22-10-6-4-3-5-7-10)14(19)15(11)21-9(2)20-8/h10H,3-7H2,1-2H3. The third kappa shape index (κ3) is 2.69. The minimum Gasteiger partial charge on any atom is -0.238 e. The van der Waals surface area contributed by atoms with E-state index in [2.05, 4.69) is 9.97 Å². The molecule has 0 spiro atoms. The van der Waals surface area contributed by atoms with E-state index in [-0.39, 0.29) is 26.7 Å². The fraction of sp³-hybridized carbons (Fsp3) is 0.500. The highest BCUT2D eigenvalue weighted by Crippen LogP contribution is 2.39. The van der Waals surface area contributed by atoms with Gasteiger partial charge in [0, 0.05) is 5.25 Å². The summed E-state index contributed by atoms with van der Waals surface area (Å²) in [6.07, 6.45) is 5.07. The van der Waals surface area contributed by atoms with Crippen molar-refractivity contribution in [2.24, 2.45) is 0 Å². The van der Waals surface area contributed by atoms with Gasteiger partial charge in [-0.25, -0.2) is 23.1 Å². The molecule has 1 aromatic heterocycles. The Morgan fingerprint density at radius 2 is 1.59 bits per heavy atom. The van der Waals surface area contributed by atoms with Crippen LogP contribution < -0.4 is 0 Å². The summed E-state index contributed by atoms with van der Waals surface area (Å²) in [6.45, 7) is 3.15. The van der Waals surface area contributed by atoms with E-state index in [9.17, 15) is 13.2 Å². The first-order valence-electron chi connectivity index (χ1n) is 7.47. The molecular weight excluding hydrogens is 309 g/mol. The molecule has 0 aliphatic heterocycles. The van der Waals surface area contributed by atoms with Crippen molar-refractivity contribution in [3.63, 3.8) is 0 Å². The van der Waals surface area contributed by atoms with Crippen LogP contribution in [0.2, 0.25) is 0 Å². The fourth-order valence-electron chi connectivity index (χ4n) is 3.00. The van der Waals surface area contributed by atoms with Crippen molar-refractivity contribution in [1.82, 2.24) is 9.97 Å². The minimum absolute atomic E-state index is 0.123. The van der Waals surface area contributed by atoms with Crippen molar-refractivity contribution in [3.05, 3.63) is 29.0 Å². The van der Waals surface area contributed by atoms with E-state index in [0.717, 1.165) is 43.9 Å². The summed E-state index contributed by atoms with van der Waals surface area (Å²) >= 11 is 1.11. The lowest BCUT2D eigenvalue weighted by Gasteiger charge is -2.22. The maximum Gasteiger partial charge on any atom is 0.176 e. The predicted octanol–water partition coefficient (Wildman–Crippen LogP) is 5.09. The number of aromatic nitrogens is 2. The van der Waals surface area contributed by atoms with Gasteiger partial charge in [-0.3, -0.25) is 0 Å². The summed E-state index contributed by atoms with van der Waals surface area (Å²) in [5.74, 6) is -2.58. The lowest BCUT2D eigenvalue weighted by atomic mass is 10.0. The SMILES string of the molecule is Cc1nc(C)c2c(F)c(F)c(SC3CCCCC3)c(F)c2n1. The van der Waals surface area contributed by atoms with Gasteiger partial charge < -0.3 is 0 Å². The second-order valence-corrected chi connectivity index (χ2v) is 7.04. The van der Waals surface area contributed by atoms with Crippen molar-refractivity contribution < 1.29 is 13.2 Å². The maximum atomic E-state index is 14.7. The van der Waals surface area contributed by atoms with E-state index < -0.39 is 17.5 Å². The molecule has 0 N–H and O–H groups in total. The van der Waals surface area contributed by atoms with Gasteiger partial charge in [0.15, 0.2) is 17.5 Å². The molecule has 0 bridgehead atoms. The van der Waals surface area contributed by atoms with Gasteiger partial charge in [0.2, 0.25) is 0 Å². The van der Waals surface area contributed by atoms with Gasteiger partial charge in [0.25, 0.3) is 0 Å². The average molecular weight is 326 g/mol. The molecule has 118 valence electrons. The Morgan fingerprint density at radius 1 is 0.909 bits per heavy atom. The maximum absolute atomic E-state index is 14.7. The number of thioether (sulfide) groups is 1. The van der Waals surface area contributed by atoms with Gasteiger partial charge in [0.05, 0.1) is 16.0 Å². The second kappa shape index (κ2) is 6.07. The monoisotopic (exact) mass is 326 g/mol. The minimum atomic E-state index is -1.11. The van der Waals surface area contributed by atoms with Crippen molar-refractivity contribution in [2.45, 2.75) is 56.1 Å². The van der Waals surface area contributed by atoms with Crippen LogP contribution in [0, 0.1) is 31.3 Å². The molecule has 22 heavy (non-hydrogen) atoms. The van der Waals surface area contributed by atoms with Gasteiger partial charge in [0.1, 0.15) is 11.3 Å². The van der Waals surface area contributed by atoms with E-state index in [0.29, 0.717) is 5.82 Å². The Morgan fingerprint density at radius 3 is 2.27 bits per heavy atom. The molecule has 6 heteroatoms. The number of hydrogen-bond donors (Lipinski definition) is 0. The van der Waals surface area contributed by atoms with Crippen LogP contribution in [0.5, 0.6) is 0 Å². The number of halogens is 3. The van der Waals surface area contributed by atoms with Crippen molar-refractivity contribution in [1.29, 1.82) is 0 Å². The zero-order chi connectivity index (χ0) is 15.9. The molecule has 0 atom stereocenters. The molecule has 1 heterocycles. The third-order valence-corrected chi connectivity index (χ3v) is 5.46. The first-order valence-corrected chi connectivity index (χ1v) is 8.35. The van der Waals surface area contributed by atoms with E-state index in [1.54, 1.807) is 6.92 Å². The largest absolute Gasteiger partial charge is 0.238 e. The molecular formula is C16H17F3N2S. The Bertz CT molecular complexity index is 727. The normalized spacial score (nSPS) is 16.4. The van der Waals surface area contributed by atoms with E-state index in [4.69, 9.17) is 0 Å². The number of rotatable bonds is 2. The third-order valence-electron chi connectivity index (χ3n) is 4.06. The molecule has 2 aromatic rings. The van der Waals surface area contributed by atoms with E-state index in [1.807, 2.05) is 0 Å². The Kier molecular flexibility index (Phi) is 4.30. The number of aryl methyl sites for hydroxylation is 2. The summed E-state index contributed by atoms with van der Waals surface area (Å²) in [5, 5.41) is -0.0211. The molecule has 3 rings (SSSR count). The highest BCUT2D eigenvalue weighted by molar-refractivity contribution is 8.00. The van der Waals surface area contributed by atoms with Crippen molar-refractivity contribution in [3.8, 4) is 0 Å². The Labute approximate surface area is 131 Å². The topological polar surface area (TPSA) is 25.8 Å². The first-order chi connectivity index (χ1) is 10.5. The zero-order valence-electron chi connectivity index (χ0n) is 12.5. The lowest BCUT2D eigenvalue weighted by Crippen LogP contribution is -2.10. The molecule has 0 unspecified atom stereocenters. The number of nitrogens with zero attached hydrogens (tertiary/aromatic N) is 2. The van der Waals surface area contributed by atoms with Crippen LogP contribution in [0.3, 0.4) is 0 Å². The van der Waals surface area contributed by atoms with Crippen LogP contribution in [0.15, 0.2) is 4.90 Å². The van der Waals surface area contributed by atoms with Crippen LogP contribution in [0.1, 0.15) is 43.6 Å². The smallest absolute Gasteiger partial charge is 0.176 e. The summed E-state index contributed by atoms with van der Waals surface area (Å²) in [7, 11) is 0. The lowest BCUT2D eigenvalue weighted by molar-refractivity contribution is 0.473. The van der Waals surface area contributed by atoms with Crippen LogP contribution in [-0.2, 0) is 0 Å². The molecule has 0 amide bonds. The predicted molar refractivity (Wildman–Crippen MR) is 81.6 cm³/mol. The van der Waals surface area contributed by atoms with Crippen LogP contribution in [0.4, 0.5) is 13.2 Å². The number of benzene rings is 1. The van der Waals surface area contributed by atoms with Crippen LogP contribution >= 0.6 is 11.8 Å².